The Morgan fingerprint density at radius 3 is 2.73 bits per heavy atom. The molecule has 0 saturated carbocycles. The van der Waals surface area contributed by atoms with Crippen LogP contribution in [0.25, 0.3) is 22.8 Å². The molecule has 3 aromatic rings. The molecule has 0 amide bonds. The Balaban J connectivity index is 1.37. The van der Waals surface area contributed by atoms with E-state index >= 15 is 0 Å². The second-order valence-corrected chi connectivity index (χ2v) is 12.7. The molecule has 4 aliphatic rings. The van der Waals surface area contributed by atoms with Gasteiger partial charge in [-0.25, -0.2) is 13.4 Å². The van der Waals surface area contributed by atoms with Crippen LogP contribution in [0, 0.1) is 5.92 Å². The number of nitrogens with zero attached hydrogens (tertiary/aromatic N) is 5. The number of pyridine rings is 1. The molecule has 1 atom stereocenters. The summed E-state index contributed by atoms with van der Waals surface area (Å²) in [6, 6.07) is 9.21. The van der Waals surface area contributed by atoms with Gasteiger partial charge in [-0.3, -0.25) is 4.72 Å². The quantitative estimate of drug-likeness (QED) is 0.481. The van der Waals surface area contributed by atoms with E-state index in [0.29, 0.717) is 23.3 Å². The Bertz CT molecular complexity index is 1420. The minimum atomic E-state index is -3.67. The van der Waals surface area contributed by atoms with Gasteiger partial charge in [0.2, 0.25) is 15.8 Å². The van der Waals surface area contributed by atoms with Crippen molar-refractivity contribution in [3.63, 3.8) is 0 Å². The minimum Gasteiger partial charge on any atom is -0.395 e. The summed E-state index contributed by atoms with van der Waals surface area (Å²) in [4.78, 5) is 14.0. The number of rotatable bonds is 4. The molecule has 0 radical (unpaired) electrons. The molecule has 2 fully saturated rings. The van der Waals surface area contributed by atoms with E-state index in [-0.39, 0.29) is 11.9 Å². The second kappa shape index (κ2) is 11.7. The van der Waals surface area contributed by atoms with Crippen molar-refractivity contribution in [1.29, 1.82) is 0 Å². The van der Waals surface area contributed by atoms with Crippen molar-refractivity contribution in [2.75, 3.05) is 59.7 Å². The van der Waals surface area contributed by atoms with Gasteiger partial charge in [-0.1, -0.05) is 5.16 Å². The summed E-state index contributed by atoms with van der Waals surface area (Å²) >= 11 is 0. The van der Waals surface area contributed by atoms with Crippen LogP contribution in [-0.2, 0) is 14.8 Å². The molecule has 214 valence electrons. The number of hydrogen-bond acceptors (Lipinski definition) is 10. The third-order valence-electron chi connectivity index (χ3n) is 8.03. The number of aliphatic hydroxyl groups excluding tert-OH is 1. The molecule has 12 heteroatoms. The highest BCUT2D eigenvalue weighted by molar-refractivity contribution is 7.92. The first-order chi connectivity index (χ1) is 19.5. The van der Waals surface area contributed by atoms with Crippen LogP contribution in [0.15, 0.2) is 41.1 Å². The van der Waals surface area contributed by atoms with Gasteiger partial charge in [0.05, 0.1) is 24.2 Å². The van der Waals surface area contributed by atoms with E-state index in [4.69, 9.17) is 19.4 Å². The number of benzene rings is 1. The van der Waals surface area contributed by atoms with Gasteiger partial charge in [-0.2, -0.15) is 4.98 Å². The smallest absolute Gasteiger partial charge is 0.258 e. The van der Waals surface area contributed by atoms with E-state index in [9.17, 15) is 8.42 Å². The lowest BCUT2D eigenvalue weighted by Crippen LogP contribution is -2.37. The standard InChI is InChI=1S/C28H36N6O5S/c35-14-16-40(36,37)32-22-5-6-24-25(18-22)33-12-8-23(9-13-33)38-15-2-4-20-3-1-11-34(19-20)26-17-21(7-10-29-26)28-30-27(24)31-39-28/h5-7,10,17-18,20,23,32,35H,1-4,8-9,11-16,19H2. The number of anilines is 3. The molecule has 2 saturated heterocycles. The number of nitrogens with one attached hydrogen (secondary N) is 1. The Morgan fingerprint density at radius 1 is 1.02 bits per heavy atom. The maximum absolute atomic E-state index is 12.3. The van der Waals surface area contributed by atoms with E-state index in [1.54, 1.807) is 12.3 Å². The topological polar surface area (TPSA) is 134 Å². The third-order valence-corrected chi connectivity index (χ3v) is 9.29. The van der Waals surface area contributed by atoms with E-state index in [1.165, 1.54) is 6.42 Å². The van der Waals surface area contributed by atoms with Crippen molar-refractivity contribution in [2.45, 2.75) is 44.6 Å². The Morgan fingerprint density at radius 2 is 1.88 bits per heavy atom. The number of hydrogen-bond donors (Lipinski definition) is 2. The van der Waals surface area contributed by atoms with Gasteiger partial charge in [-0.15, -0.1) is 0 Å². The summed E-state index contributed by atoms with van der Waals surface area (Å²) < 4.78 is 39.3. The zero-order chi connectivity index (χ0) is 27.5. The highest BCUT2D eigenvalue weighted by Crippen LogP contribution is 2.36. The van der Waals surface area contributed by atoms with Crippen molar-refractivity contribution in [2.24, 2.45) is 5.92 Å². The van der Waals surface area contributed by atoms with Crippen LogP contribution in [0.3, 0.4) is 0 Å². The van der Waals surface area contributed by atoms with E-state index in [1.807, 2.05) is 24.3 Å². The lowest BCUT2D eigenvalue weighted by molar-refractivity contribution is 0.0330. The molecule has 2 N–H and O–H groups in total. The number of aliphatic hydroxyl groups is 1. The van der Waals surface area contributed by atoms with Crippen LogP contribution in [0.5, 0.6) is 0 Å². The number of aromatic nitrogens is 3. The number of sulfonamides is 1. The number of fused-ring (bicyclic) bond motifs is 5. The molecule has 1 aromatic carbocycles. The summed E-state index contributed by atoms with van der Waals surface area (Å²) in [5.41, 5.74) is 2.81. The van der Waals surface area contributed by atoms with Gasteiger partial charge >= 0.3 is 0 Å². The molecule has 4 aliphatic heterocycles. The fourth-order valence-corrected chi connectivity index (χ4v) is 6.79. The van der Waals surface area contributed by atoms with E-state index in [0.717, 1.165) is 87.5 Å². The number of ether oxygens (including phenoxy) is 1. The van der Waals surface area contributed by atoms with Crippen LogP contribution >= 0.6 is 0 Å². The average molecular weight is 569 g/mol. The van der Waals surface area contributed by atoms with Crippen molar-refractivity contribution in [1.82, 2.24) is 15.1 Å². The monoisotopic (exact) mass is 568 g/mol. The minimum absolute atomic E-state index is 0.207. The molecule has 0 spiro atoms. The summed E-state index contributed by atoms with van der Waals surface area (Å²) in [6.45, 7) is 3.82. The lowest BCUT2D eigenvalue weighted by atomic mass is 9.93. The highest BCUT2D eigenvalue weighted by atomic mass is 32.2. The molecular formula is C28H36N6O5S. The first kappa shape index (κ1) is 27.0. The van der Waals surface area contributed by atoms with Crippen LogP contribution in [0.2, 0.25) is 0 Å². The van der Waals surface area contributed by atoms with Crippen LogP contribution < -0.4 is 14.5 Å². The van der Waals surface area contributed by atoms with Gasteiger partial charge in [-0.05, 0) is 74.8 Å². The van der Waals surface area contributed by atoms with E-state index in [2.05, 4.69) is 24.7 Å². The largest absolute Gasteiger partial charge is 0.395 e. The van der Waals surface area contributed by atoms with Crippen LogP contribution in [0.4, 0.5) is 17.2 Å². The molecule has 6 heterocycles. The summed E-state index contributed by atoms with van der Waals surface area (Å²) in [5.74, 6) is 2.02. The van der Waals surface area contributed by atoms with Gasteiger partial charge in [0.15, 0.2) is 0 Å². The lowest BCUT2D eigenvalue weighted by Gasteiger charge is -2.35. The van der Waals surface area contributed by atoms with Crippen molar-refractivity contribution in [3.8, 4) is 22.8 Å². The molecule has 40 heavy (non-hydrogen) atoms. The SMILES string of the molecule is O=S(=O)(CCO)Nc1ccc2c(c1)N1CCC(CC1)OCCCC1CCCN(C1)c1cc(ccn1)-c1nc-2no1. The number of piperidine rings is 2. The summed E-state index contributed by atoms with van der Waals surface area (Å²) in [6.07, 6.45) is 8.34. The van der Waals surface area contributed by atoms with Crippen molar-refractivity contribution in [3.05, 3.63) is 36.5 Å². The van der Waals surface area contributed by atoms with Crippen LogP contribution in [-0.4, -0.2) is 79.9 Å². The normalized spacial score (nSPS) is 21.7. The molecular weight excluding hydrogens is 532 g/mol. The molecule has 11 nitrogen and oxygen atoms in total. The fourth-order valence-electron chi connectivity index (χ4n) is 5.97. The average Bonchev–Trinajstić information content (AvgIpc) is 3.46. The molecule has 7 rings (SSSR count). The van der Waals surface area contributed by atoms with Crippen LogP contribution in [0.1, 0.15) is 38.5 Å². The van der Waals surface area contributed by atoms with Gasteiger partial charge in [0, 0.05) is 55.8 Å². The third kappa shape index (κ3) is 6.08. The molecule has 8 bridgehead atoms. The van der Waals surface area contributed by atoms with Crippen molar-refractivity contribution >= 4 is 27.2 Å². The predicted molar refractivity (Wildman–Crippen MR) is 153 cm³/mol. The van der Waals surface area contributed by atoms with E-state index < -0.39 is 16.6 Å². The maximum atomic E-state index is 12.3. The van der Waals surface area contributed by atoms with Gasteiger partial charge < -0.3 is 24.2 Å². The first-order valence-corrected chi connectivity index (χ1v) is 15.8. The Labute approximate surface area is 234 Å². The van der Waals surface area contributed by atoms with Crippen molar-refractivity contribution < 1.29 is 22.8 Å². The fraction of sp³-hybridized carbons (Fsp3) is 0.536. The highest BCUT2D eigenvalue weighted by Gasteiger charge is 2.26. The zero-order valence-corrected chi connectivity index (χ0v) is 23.4. The maximum Gasteiger partial charge on any atom is 0.258 e. The second-order valence-electron chi connectivity index (χ2n) is 10.9. The van der Waals surface area contributed by atoms with Gasteiger partial charge in [0.1, 0.15) is 5.82 Å². The Kier molecular flexibility index (Phi) is 7.90. The molecule has 1 unspecified atom stereocenters. The predicted octanol–water partition coefficient (Wildman–Crippen LogP) is 3.53. The summed E-state index contributed by atoms with van der Waals surface area (Å²) in [7, 11) is -3.67. The Hall–Kier alpha value is -3.22. The zero-order valence-electron chi connectivity index (χ0n) is 22.5. The first-order valence-electron chi connectivity index (χ1n) is 14.1. The molecule has 2 aromatic heterocycles. The van der Waals surface area contributed by atoms with Gasteiger partial charge in [0.25, 0.3) is 5.89 Å². The summed E-state index contributed by atoms with van der Waals surface area (Å²) in [5, 5.41) is 13.5. The molecule has 0 aliphatic carbocycles.